The molecule has 0 spiro atoms. The van der Waals surface area contributed by atoms with Gasteiger partial charge < -0.3 is 10.4 Å². The maximum Gasteiger partial charge on any atom is 0.226 e. The molecule has 1 amide bonds. The lowest BCUT2D eigenvalue weighted by Crippen LogP contribution is -2.27. The number of fused-ring (bicyclic) bond motifs is 1. The van der Waals surface area contributed by atoms with Crippen LogP contribution in [0, 0.1) is 0 Å². The standard InChI is InChI=1S/C17H17N3O2/c21-13-7-5-12(6-8-13)9-10-18-17(22)11-16-14-3-1-2-4-15(14)19-20-16/h1-8,21H,9-11H2,(H,18,22)(H,19,20). The number of aromatic nitrogens is 2. The molecule has 22 heavy (non-hydrogen) atoms. The summed E-state index contributed by atoms with van der Waals surface area (Å²) < 4.78 is 0. The zero-order chi connectivity index (χ0) is 15.4. The Labute approximate surface area is 128 Å². The van der Waals surface area contributed by atoms with Gasteiger partial charge in [-0.2, -0.15) is 5.10 Å². The molecule has 0 atom stereocenters. The predicted molar refractivity (Wildman–Crippen MR) is 84.6 cm³/mol. The lowest BCUT2D eigenvalue weighted by molar-refractivity contribution is -0.120. The Balaban J connectivity index is 1.53. The maximum absolute atomic E-state index is 12.0. The average Bonchev–Trinajstić information content (AvgIpc) is 2.93. The van der Waals surface area contributed by atoms with Crippen molar-refractivity contribution in [1.29, 1.82) is 0 Å². The Morgan fingerprint density at radius 2 is 1.91 bits per heavy atom. The number of nitrogens with one attached hydrogen (secondary N) is 2. The molecule has 5 heteroatoms. The molecule has 0 unspecified atom stereocenters. The highest BCUT2D eigenvalue weighted by molar-refractivity contribution is 5.87. The molecule has 112 valence electrons. The van der Waals surface area contributed by atoms with Gasteiger partial charge in [-0.25, -0.2) is 0 Å². The number of aromatic hydroxyl groups is 1. The van der Waals surface area contributed by atoms with Crippen molar-refractivity contribution in [1.82, 2.24) is 15.5 Å². The molecule has 0 bridgehead atoms. The van der Waals surface area contributed by atoms with E-state index in [4.69, 9.17) is 0 Å². The fourth-order valence-corrected chi connectivity index (χ4v) is 2.38. The van der Waals surface area contributed by atoms with Crippen molar-refractivity contribution >= 4 is 16.8 Å². The van der Waals surface area contributed by atoms with Crippen LogP contribution in [-0.4, -0.2) is 27.8 Å². The highest BCUT2D eigenvalue weighted by Gasteiger charge is 2.09. The first-order valence-electron chi connectivity index (χ1n) is 7.19. The minimum Gasteiger partial charge on any atom is -0.508 e. The Bertz CT molecular complexity index is 778. The Morgan fingerprint density at radius 3 is 2.73 bits per heavy atom. The molecule has 0 aliphatic rings. The van der Waals surface area contributed by atoms with E-state index in [-0.39, 0.29) is 18.1 Å². The summed E-state index contributed by atoms with van der Waals surface area (Å²) in [5.41, 5.74) is 2.78. The molecule has 0 saturated carbocycles. The number of rotatable bonds is 5. The fourth-order valence-electron chi connectivity index (χ4n) is 2.38. The summed E-state index contributed by atoms with van der Waals surface area (Å²) in [6, 6.07) is 14.7. The lowest BCUT2D eigenvalue weighted by Gasteiger charge is -2.05. The minimum atomic E-state index is -0.0341. The Morgan fingerprint density at radius 1 is 1.14 bits per heavy atom. The molecular weight excluding hydrogens is 278 g/mol. The van der Waals surface area contributed by atoms with Crippen LogP contribution in [0.4, 0.5) is 0 Å². The monoisotopic (exact) mass is 295 g/mol. The van der Waals surface area contributed by atoms with Crippen molar-refractivity contribution < 1.29 is 9.90 Å². The van der Waals surface area contributed by atoms with Crippen molar-refractivity contribution in [3.8, 4) is 5.75 Å². The summed E-state index contributed by atoms with van der Waals surface area (Å²) >= 11 is 0. The third-order valence-electron chi connectivity index (χ3n) is 3.55. The number of hydrogen-bond acceptors (Lipinski definition) is 3. The highest BCUT2D eigenvalue weighted by Crippen LogP contribution is 2.15. The first-order chi connectivity index (χ1) is 10.7. The summed E-state index contributed by atoms with van der Waals surface area (Å²) in [5.74, 6) is 0.215. The third kappa shape index (κ3) is 3.25. The first kappa shape index (κ1) is 14.1. The molecule has 2 aromatic carbocycles. The Kier molecular flexibility index (Phi) is 4.05. The molecule has 0 saturated heterocycles. The van der Waals surface area contributed by atoms with Crippen molar-refractivity contribution in [3.05, 3.63) is 59.8 Å². The SMILES string of the molecule is O=C(Cc1[nH]nc2ccccc12)NCCc1ccc(O)cc1. The van der Waals surface area contributed by atoms with Gasteiger partial charge in [0.15, 0.2) is 0 Å². The van der Waals surface area contributed by atoms with Crippen LogP contribution in [0.1, 0.15) is 11.3 Å². The van der Waals surface area contributed by atoms with Crippen LogP contribution in [0.2, 0.25) is 0 Å². The number of hydrogen-bond donors (Lipinski definition) is 3. The molecule has 5 nitrogen and oxygen atoms in total. The summed E-state index contributed by atoms with van der Waals surface area (Å²) in [4.78, 5) is 12.0. The second-order valence-corrected chi connectivity index (χ2v) is 5.16. The van der Waals surface area contributed by atoms with E-state index >= 15 is 0 Å². The number of benzene rings is 2. The second kappa shape index (κ2) is 6.30. The van der Waals surface area contributed by atoms with Gasteiger partial charge in [0, 0.05) is 11.9 Å². The van der Waals surface area contributed by atoms with E-state index in [1.807, 2.05) is 36.4 Å². The predicted octanol–water partition coefficient (Wildman–Crippen LogP) is 2.17. The number of nitrogens with zero attached hydrogens (tertiary/aromatic N) is 1. The quantitative estimate of drug-likeness (QED) is 0.675. The molecule has 0 fully saturated rings. The third-order valence-corrected chi connectivity index (χ3v) is 3.55. The van der Waals surface area contributed by atoms with Crippen molar-refractivity contribution in [3.63, 3.8) is 0 Å². The Hall–Kier alpha value is -2.82. The molecule has 0 aliphatic heterocycles. The molecule has 0 aliphatic carbocycles. The van der Waals surface area contributed by atoms with E-state index in [1.54, 1.807) is 12.1 Å². The zero-order valence-corrected chi connectivity index (χ0v) is 12.0. The number of amides is 1. The van der Waals surface area contributed by atoms with E-state index in [1.165, 1.54) is 0 Å². The van der Waals surface area contributed by atoms with Crippen LogP contribution in [0.5, 0.6) is 5.75 Å². The molecule has 0 radical (unpaired) electrons. The number of carbonyl (C=O) groups is 1. The van der Waals surface area contributed by atoms with Gasteiger partial charge in [-0.3, -0.25) is 9.89 Å². The normalized spacial score (nSPS) is 10.7. The largest absolute Gasteiger partial charge is 0.508 e. The lowest BCUT2D eigenvalue weighted by atomic mass is 10.1. The van der Waals surface area contributed by atoms with E-state index in [2.05, 4.69) is 15.5 Å². The summed E-state index contributed by atoms with van der Waals surface area (Å²) in [6.07, 6.45) is 1.02. The van der Waals surface area contributed by atoms with E-state index in [9.17, 15) is 9.90 Å². The van der Waals surface area contributed by atoms with Crippen LogP contribution in [0.25, 0.3) is 10.9 Å². The van der Waals surface area contributed by atoms with Crippen molar-refractivity contribution in [2.75, 3.05) is 6.54 Å². The van der Waals surface area contributed by atoms with Gasteiger partial charge in [0.1, 0.15) is 5.75 Å². The van der Waals surface area contributed by atoms with Gasteiger partial charge in [0.25, 0.3) is 0 Å². The summed E-state index contributed by atoms with van der Waals surface area (Å²) in [5, 5.41) is 20.2. The smallest absolute Gasteiger partial charge is 0.226 e. The van der Waals surface area contributed by atoms with E-state index < -0.39 is 0 Å². The number of aromatic amines is 1. The highest BCUT2D eigenvalue weighted by atomic mass is 16.3. The number of phenolic OH excluding ortho intramolecular Hbond substituents is 1. The molecular formula is C17H17N3O2. The summed E-state index contributed by atoms with van der Waals surface area (Å²) in [7, 11) is 0. The van der Waals surface area contributed by atoms with Gasteiger partial charge >= 0.3 is 0 Å². The zero-order valence-electron chi connectivity index (χ0n) is 12.0. The van der Waals surface area contributed by atoms with Crippen LogP contribution >= 0.6 is 0 Å². The van der Waals surface area contributed by atoms with Gasteiger partial charge in [-0.15, -0.1) is 0 Å². The molecule has 3 N–H and O–H groups in total. The van der Waals surface area contributed by atoms with Gasteiger partial charge in [0.05, 0.1) is 17.6 Å². The minimum absolute atomic E-state index is 0.0341. The van der Waals surface area contributed by atoms with Gasteiger partial charge in [-0.1, -0.05) is 30.3 Å². The van der Waals surface area contributed by atoms with Gasteiger partial charge in [-0.05, 0) is 30.2 Å². The number of carbonyl (C=O) groups excluding carboxylic acids is 1. The second-order valence-electron chi connectivity index (χ2n) is 5.16. The first-order valence-corrected chi connectivity index (χ1v) is 7.19. The maximum atomic E-state index is 12.0. The molecule has 3 aromatic rings. The molecule has 1 aromatic heterocycles. The number of H-pyrrole nitrogens is 1. The summed E-state index contributed by atoms with van der Waals surface area (Å²) in [6.45, 7) is 0.565. The topological polar surface area (TPSA) is 78.0 Å². The molecule has 1 heterocycles. The van der Waals surface area contributed by atoms with Crippen LogP contribution in [0.3, 0.4) is 0 Å². The fraction of sp³-hybridized carbons (Fsp3) is 0.176. The number of para-hydroxylation sites is 1. The van der Waals surface area contributed by atoms with E-state index in [0.717, 1.165) is 28.6 Å². The molecule has 3 rings (SSSR count). The van der Waals surface area contributed by atoms with Crippen LogP contribution < -0.4 is 5.32 Å². The van der Waals surface area contributed by atoms with Crippen molar-refractivity contribution in [2.45, 2.75) is 12.8 Å². The van der Waals surface area contributed by atoms with Crippen LogP contribution in [-0.2, 0) is 17.6 Å². The van der Waals surface area contributed by atoms with Crippen LogP contribution in [0.15, 0.2) is 48.5 Å². The average molecular weight is 295 g/mol. The number of phenols is 1. The van der Waals surface area contributed by atoms with E-state index in [0.29, 0.717) is 6.54 Å². The van der Waals surface area contributed by atoms with Crippen molar-refractivity contribution in [2.24, 2.45) is 0 Å². The van der Waals surface area contributed by atoms with Gasteiger partial charge in [0.2, 0.25) is 5.91 Å².